The van der Waals surface area contributed by atoms with Crippen LogP contribution in [-0.4, -0.2) is 5.11 Å². The molecule has 0 heterocycles. The topological polar surface area (TPSA) is 20.2 Å². The van der Waals surface area contributed by atoms with Gasteiger partial charge in [-0.3, -0.25) is 0 Å². The van der Waals surface area contributed by atoms with Crippen LogP contribution < -0.4 is 0 Å². The Labute approximate surface area is 125 Å². The van der Waals surface area contributed by atoms with E-state index >= 15 is 0 Å². The number of rotatable bonds is 4. The Hall–Kier alpha value is -2.38. The third-order valence-electron chi connectivity index (χ3n) is 3.67. The average Bonchev–Trinajstić information content (AvgIpc) is 2.57. The minimum Gasteiger partial charge on any atom is -0.388 e. The van der Waals surface area contributed by atoms with Crippen LogP contribution in [0.25, 0.3) is 11.1 Å². The molecule has 0 aliphatic carbocycles. The first-order valence-electron chi connectivity index (χ1n) is 7.20. The standard InChI is InChI=1S/C20H18O/c21-20(15-16-7-3-1-4-8-16)19-13-11-18(12-14-19)17-9-5-2-6-10-17/h1-14,20-21H,15H2/t20-/m0/s1. The summed E-state index contributed by atoms with van der Waals surface area (Å²) < 4.78 is 0. The molecule has 0 aromatic heterocycles. The second kappa shape index (κ2) is 6.38. The lowest BCUT2D eigenvalue weighted by Crippen LogP contribution is -2.01. The van der Waals surface area contributed by atoms with Crippen molar-refractivity contribution >= 4 is 0 Å². The molecule has 0 fully saturated rings. The van der Waals surface area contributed by atoms with Gasteiger partial charge in [-0.1, -0.05) is 84.9 Å². The fourth-order valence-corrected chi connectivity index (χ4v) is 2.48. The molecule has 0 aliphatic rings. The second-order valence-electron chi connectivity index (χ2n) is 5.19. The SMILES string of the molecule is O[C@@H](Cc1ccccc1)c1ccc(-c2ccccc2)cc1. The summed E-state index contributed by atoms with van der Waals surface area (Å²) in [4.78, 5) is 0. The third-order valence-corrected chi connectivity index (χ3v) is 3.67. The fraction of sp³-hybridized carbons (Fsp3) is 0.100. The molecule has 1 atom stereocenters. The number of hydrogen-bond donors (Lipinski definition) is 1. The maximum Gasteiger partial charge on any atom is 0.0830 e. The molecular weight excluding hydrogens is 256 g/mol. The molecular formula is C20H18O. The molecule has 21 heavy (non-hydrogen) atoms. The Morgan fingerprint density at radius 2 is 1.14 bits per heavy atom. The van der Waals surface area contributed by atoms with Crippen molar-refractivity contribution in [2.24, 2.45) is 0 Å². The van der Waals surface area contributed by atoms with Crippen molar-refractivity contribution in [3.05, 3.63) is 96.1 Å². The number of aliphatic hydroxyl groups excluding tert-OH is 1. The molecule has 0 radical (unpaired) electrons. The van der Waals surface area contributed by atoms with Crippen LogP contribution in [0.1, 0.15) is 17.2 Å². The molecule has 1 nitrogen and oxygen atoms in total. The monoisotopic (exact) mass is 274 g/mol. The Morgan fingerprint density at radius 3 is 1.76 bits per heavy atom. The van der Waals surface area contributed by atoms with E-state index in [1.807, 2.05) is 60.7 Å². The van der Waals surface area contributed by atoms with Gasteiger partial charge in [0.05, 0.1) is 6.10 Å². The summed E-state index contributed by atoms with van der Waals surface area (Å²) in [6.07, 6.45) is 0.183. The largest absolute Gasteiger partial charge is 0.388 e. The highest BCUT2D eigenvalue weighted by Gasteiger charge is 2.08. The predicted octanol–water partition coefficient (Wildman–Crippen LogP) is 4.63. The van der Waals surface area contributed by atoms with Crippen LogP contribution in [0.2, 0.25) is 0 Å². The summed E-state index contributed by atoms with van der Waals surface area (Å²) in [7, 11) is 0. The van der Waals surface area contributed by atoms with Gasteiger partial charge in [-0.25, -0.2) is 0 Å². The number of hydrogen-bond acceptors (Lipinski definition) is 1. The molecule has 3 aromatic rings. The average molecular weight is 274 g/mol. The third kappa shape index (κ3) is 3.39. The molecule has 3 rings (SSSR count). The van der Waals surface area contributed by atoms with Crippen molar-refractivity contribution in [3.8, 4) is 11.1 Å². The van der Waals surface area contributed by atoms with Crippen molar-refractivity contribution in [2.75, 3.05) is 0 Å². The van der Waals surface area contributed by atoms with E-state index in [2.05, 4.69) is 24.3 Å². The van der Waals surface area contributed by atoms with Gasteiger partial charge >= 0.3 is 0 Å². The van der Waals surface area contributed by atoms with Gasteiger partial charge < -0.3 is 5.11 Å². The van der Waals surface area contributed by atoms with Crippen molar-refractivity contribution in [2.45, 2.75) is 12.5 Å². The highest BCUT2D eigenvalue weighted by molar-refractivity contribution is 5.63. The number of benzene rings is 3. The molecule has 0 amide bonds. The summed E-state index contributed by atoms with van der Waals surface area (Å²) in [5, 5.41) is 10.3. The summed E-state index contributed by atoms with van der Waals surface area (Å²) in [5.74, 6) is 0. The van der Waals surface area contributed by atoms with Crippen LogP contribution >= 0.6 is 0 Å². The Bertz CT molecular complexity index is 672. The molecule has 3 aromatic carbocycles. The summed E-state index contributed by atoms with van der Waals surface area (Å²) in [6, 6.07) is 28.5. The minimum absolute atomic E-state index is 0.461. The first-order valence-corrected chi connectivity index (χ1v) is 7.20. The smallest absolute Gasteiger partial charge is 0.0830 e. The van der Waals surface area contributed by atoms with Crippen LogP contribution in [0, 0.1) is 0 Å². The summed E-state index contributed by atoms with van der Waals surface area (Å²) in [5.41, 5.74) is 4.48. The van der Waals surface area contributed by atoms with Gasteiger partial charge in [0.2, 0.25) is 0 Å². The zero-order valence-corrected chi connectivity index (χ0v) is 11.8. The van der Waals surface area contributed by atoms with E-state index in [0.29, 0.717) is 6.42 Å². The lowest BCUT2D eigenvalue weighted by Gasteiger charge is -2.12. The quantitative estimate of drug-likeness (QED) is 0.735. The van der Waals surface area contributed by atoms with E-state index < -0.39 is 6.10 Å². The van der Waals surface area contributed by atoms with Gasteiger partial charge in [0, 0.05) is 6.42 Å². The lowest BCUT2D eigenvalue weighted by atomic mass is 9.98. The maximum atomic E-state index is 10.3. The molecule has 0 bridgehead atoms. The van der Waals surface area contributed by atoms with Crippen LogP contribution in [0.15, 0.2) is 84.9 Å². The zero-order valence-electron chi connectivity index (χ0n) is 11.8. The number of aliphatic hydroxyl groups is 1. The van der Waals surface area contributed by atoms with Crippen LogP contribution in [0.5, 0.6) is 0 Å². The molecule has 1 N–H and O–H groups in total. The molecule has 0 aliphatic heterocycles. The van der Waals surface area contributed by atoms with Gasteiger partial charge in [0.25, 0.3) is 0 Å². The minimum atomic E-state index is -0.461. The maximum absolute atomic E-state index is 10.3. The first-order chi connectivity index (χ1) is 10.3. The highest BCUT2D eigenvalue weighted by atomic mass is 16.3. The second-order valence-corrected chi connectivity index (χ2v) is 5.19. The van der Waals surface area contributed by atoms with E-state index in [1.54, 1.807) is 0 Å². The van der Waals surface area contributed by atoms with Crippen LogP contribution in [0.4, 0.5) is 0 Å². The molecule has 0 spiro atoms. The van der Waals surface area contributed by atoms with Gasteiger partial charge in [-0.2, -0.15) is 0 Å². The predicted molar refractivity (Wildman–Crippen MR) is 87.0 cm³/mol. The van der Waals surface area contributed by atoms with Crippen molar-refractivity contribution in [1.29, 1.82) is 0 Å². The molecule has 104 valence electrons. The van der Waals surface area contributed by atoms with E-state index in [1.165, 1.54) is 11.1 Å². The zero-order chi connectivity index (χ0) is 14.5. The summed E-state index contributed by atoms with van der Waals surface area (Å²) in [6.45, 7) is 0. The molecule has 0 saturated heterocycles. The van der Waals surface area contributed by atoms with E-state index in [-0.39, 0.29) is 0 Å². The lowest BCUT2D eigenvalue weighted by molar-refractivity contribution is 0.178. The molecule has 1 heteroatoms. The van der Waals surface area contributed by atoms with Gasteiger partial charge in [-0.05, 0) is 22.3 Å². The summed E-state index contributed by atoms with van der Waals surface area (Å²) >= 11 is 0. The Kier molecular flexibility index (Phi) is 4.13. The van der Waals surface area contributed by atoms with Crippen molar-refractivity contribution in [3.63, 3.8) is 0 Å². The van der Waals surface area contributed by atoms with E-state index in [0.717, 1.165) is 11.1 Å². The first kappa shape index (κ1) is 13.6. The normalized spacial score (nSPS) is 12.0. The van der Waals surface area contributed by atoms with Crippen molar-refractivity contribution < 1.29 is 5.11 Å². The Morgan fingerprint density at radius 1 is 0.619 bits per heavy atom. The van der Waals surface area contributed by atoms with Crippen LogP contribution in [0.3, 0.4) is 0 Å². The molecule has 0 unspecified atom stereocenters. The Balaban J connectivity index is 1.75. The van der Waals surface area contributed by atoms with E-state index in [9.17, 15) is 5.11 Å². The van der Waals surface area contributed by atoms with Crippen LogP contribution in [-0.2, 0) is 6.42 Å². The highest BCUT2D eigenvalue weighted by Crippen LogP contribution is 2.23. The molecule has 0 saturated carbocycles. The van der Waals surface area contributed by atoms with Gasteiger partial charge in [0.15, 0.2) is 0 Å². The van der Waals surface area contributed by atoms with Gasteiger partial charge in [0.1, 0.15) is 0 Å². The fourth-order valence-electron chi connectivity index (χ4n) is 2.48. The van der Waals surface area contributed by atoms with Crippen molar-refractivity contribution in [1.82, 2.24) is 0 Å². The van der Waals surface area contributed by atoms with E-state index in [4.69, 9.17) is 0 Å². The van der Waals surface area contributed by atoms with Gasteiger partial charge in [-0.15, -0.1) is 0 Å².